The number of halogens is 1. The molecule has 3 N–H and O–H groups in total. The highest BCUT2D eigenvalue weighted by Gasteiger charge is 2.23. The van der Waals surface area contributed by atoms with Crippen molar-refractivity contribution in [3.05, 3.63) is 65.5 Å². The lowest BCUT2D eigenvalue weighted by atomic mass is 10.0. The van der Waals surface area contributed by atoms with Gasteiger partial charge in [0.05, 0.1) is 32.9 Å². The Morgan fingerprint density at radius 3 is 2.38 bits per heavy atom. The minimum atomic E-state index is -0.468. The first-order valence-corrected chi connectivity index (χ1v) is 10.5. The van der Waals surface area contributed by atoms with Gasteiger partial charge < -0.3 is 25.4 Å². The Kier molecular flexibility index (Phi) is 8.82. The van der Waals surface area contributed by atoms with Gasteiger partial charge in [-0.25, -0.2) is 9.18 Å². The summed E-state index contributed by atoms with van der Waals surface area (Å²) in [6.07, 6.45) is 0. The van der Waals surface area contributed by atoms with Crippen LogP contribution in [-0.4, -0.2) is 63.3 Å². The largest absolute Gasteiger partial charge is 0.497 e. The lowest BCUT2D eigenvalue weighted by Crippen LogP contribution is -2.46. The van der Waals surface area contributed by atoms with E-state index in [0.29, 0.717) is 19.8 Å². The van der Waals surface area contributed by atoms with E-state index in [1.807, 2.05) is 24.3 Å². The van der Waals surface area contributed by atoms with E-state index in [1.165, 1.54) is 12.1 Å². The fraction of sp³-hybridized carbons (Fsp3) is 0.391. The number of benzene rings is 2. The number of rotatable bonds is 9. The molecule has 1 aliphatic heterocycles. The number of urea groups is 1. The average molecular weight is 445 g/mol. The van der Waals surface area contributed by atoms with Crippen LogP contribution in [-0.2, 0) is 16.1 Å². The lowest BCUT2D eigenvalue weighted by Gasteiger charge is -2.35. The molecule has 0 spiro atoms. The van der Waals surface area contributed by atoms with E-state index < -0.39 is 6.03 Å². The standard InChI is InChI=1S/C23H29FN4O4/c1-31-20-8-4-18(5-9-20)21(28-10-12-32-13-11-28)15-25-22(29)16-27-23(30)26-14-17-2-6-19(24)7-3-17/h2-9,21H,10-16H2,1H3,(H,25,29)(H2,26,27,30). The molecule has 0 aliphatic carbocycles. The highest BCUT2D eigenvalue weighted by Crippen LogP contribution is 2.23. The molecule has 1 unspecified atom stereocenters. The number of methoxy groups -OCH3 is 1. The molecule has 1 aliphatic rings. The Morgan fingerprint density at radius 2 is 1.72 bits per heavy atom. The molecule has 0 bridgehead atoms. The van der Waals surface area contributed by atoms with Crippen molar-refractivity contribution in [3.8, 4) is 5.75 Å². The van der Waals surface area contributed by atoms with Crippen molar-refractivity contribution in [1.82, 2.24) is 20.9 Å². The van der Waals surface area contributed by atoms with Crippen molar-refractivity contribution in [2.24, 2.45) is 0 Å². The summed E-state index contributed by atoms with van der Waals surface area (Å²) in [4.78, 5) is 26.5. The first-order chi connectivity index (χ1) is 15.5. The zero-order valence-electron chi connectivity index (χ0n) is 18.1. The third-order valence-electron chi connectivity index (χ3n) is 5.26. The van der Waals surface area contributed by atoms with Crippen molar-refractivity contribution in [2.75, 3.05) is 46.5 Å². The van der Waals surface area contributed by atoms with Crippen LogP contribution in [0.2, 0.25) is 0 Å². The van der Waals surface area contributed by atoms with Gasteiger partial charge in [-0.2, -0.15) is 0 Å². The number of amides is 3. The number of morpholine rings is 1. The van der Waals surface area contributed by atoms with E-state index >= 15 is 0 Å². The first kappa shape index (κ1) is 23.5. The fourth-order valence-electron chi connectivity index (χ4n) is 3.45. The molecular weight excluding hydrogens is 415 g/mol. The van der Waals surface area contributed by atoms with Crippen molar-refractivity contribution in [1.29, 1.82) is 0 Å². The Hall–Kier alpha value is -3.17. The van der Waals surface area contributed by atoms with E-state index in [9.17, 15) is 14.0 Å². The second kappa shape index (κ2) is 12.0. The zero-order valence-corrected chi connectivity index (χ0v) is 18.1. The van der Waals surface area contributed by atoms with Gasteiger partial charge in [0.15, 0.2) is 0 Å². The number of hydrogen-bond donors (Lipinski definition) is 3. The smallest absolute Gasteiger partial charge is 0.315 e. The van der Waals surface area contributed by atoms with E-state index in [4.69, 9.17) is 9.47 Å². The highest BCUT2D eigenvalue weighted by molar-refractivity contribution is 5.83. The van der Waals surface area contributed by atoms with Gasteiger partial charge in [0.2, 0.25) is 5.91 Å². The van der Waals surface area contributed by atoms with Crippen molar-refractivity contribution < 1.29 is 23.5 Å². The first-order valence-electron chi connectivity index (χ1n) is 10.5. The van der Waals surface area contributed by atoms with Crippen LogP contribution in [0.15, 0.2) is 48.5 Å². The van der Waals surface area contributed by atoms with E-state index in [0.717, 1.165) is 30.0 Å². The number of nitrogens with one attached hydrogen (secondary N) is 3. The van der Waals surface area contributed by atoms with E-state index in [2.05, 4.69) is 20.9 Å². The van der Waals surface area contributed by atoms with Gasteiger partial charge in [0, 0.05) is 26.2 Å². The van der Waals surface area contributed by atoms with Gasteiger partial charge in [-0.1, -0.05) is 24.3 Å². The molecule has 0 radical (unpaired) electrons. The molecule has 1 heterocycles. The van der Waals surface area contributed by atoms with Crippen LogP contribution in [0.4, 0.5) is 9.18 Å². The summed E-state index contributed by atoms with van der Waals surface area (Å²) in [5.41, 5.74) is 1.83. The van der Waals surface area contributed by atoms with Crippen molar-refractivity contribution in [2.45, 2.75) is 12.6 Å². The van der Waals surface area contributed by atoms with Crippen LogP contribution in [0.1, 0.15) is 17.2 Å². The summed E-state index contributed by atoms with van der Waals surface area (Å²) in [6.45, 7) is 3.35. The van der Waals surface area contributed by atoms with Gasteiger partial charge in [-0.15, -0.1) is 0 Å². The topological polar surface area (TPSA) is 91.9 Å². The molecule has 1 saturated heterocycles. The molecule has 1 atom stereocenters. The molecule has 8 nitrogen and oxygen atoms in total. The fourth-order valence-corrected chi connectivity index (χ4v) is 3.45. The molecule has 2 aromatic carbocycles. The summed E-state index contributed by atoms with van der Waals surface area (Å²) in [5.74, 6) is 0.156. The molecule has 3 rings (SSSR count). The number of nitrogens with zero attached hydrogens (tertiary/aromatic N) is 1. The number of carbonyl (C=O) groups is 2. The summed E-state index contributed by atoms with van der Waals surface area (Å²) < 4.78 is 23.6. The summed E-state index contributed by atoms with van der Waals surface area (Å²) in [5, 5.41) is 8.08. The van der Waals surface area contributed by atoms with Gasteiger partial charge in [0.1, 0.15) is 11.6 Å². The van der Waals surface area contributed by atoms with Gasteiger partial charge in [-0.05, 0) is 35.4 Å². The third kappa shape index (κ3) is 7.21. The quantitative estimate of drug-likeness (QED) is 0.549. The second-order valence-corrected chi connectivity index (χ2v) is 7.40. The normalized spacial score (nSPS) is 14.9. The minimum absolute atomic E-state index is 0.0129. The van der Waals surface area contributed by atoms with Crippen molar-refractivity contribution >= 4 is 11.9 Å². The average Bonchev–Trinajstić information content (AvgIpc) is 2.83. The maximum absolute atomic E-state index is 12.9. The van der Waals surface area contributed by atoms with Crippen molar-refractivity contribution in [3.63, 3.8) is 0 Å². The minimum Gasteiger partial charge on any atom is -0.497 e. The van der Waals surface area contributed by atoms with Crippen LogP contribution in [0.3, 0.4) is 0 Å². The Morgan fingerprint density at radius 1 is 1.03 bits per heavy atom. The third-order valence-corrected chi connectivity index (χ3v) is 5.26. The predicted molar refractivity (Wildman–Crippen MR) is 118 cm³/mol. The lowest BCUT2D eigenvalue weighted by molar-refractivity contribution is -0.120. The SMILES string of the molecule is COc1ccc(C(CNC(=O)CNC(=O)NCc2ccc(F)cc2)N2CCOCC2)cc1. The van der Waals surface area contributed by atoms with Crippen LogP contribution >= 0.6 is 0 Å². The number of ether oxygens (including phenoxy) is 2. The van der Waals surface area contributed by atoms with Gasteiger partial charge in [-0.3, -0.25) is 9.69 Å². The molecule has 1 fully saturated rings. The zero-order chi connectivity index (χ0) is 22.8. The molecule has 0 aromatic heterocycles. The van der Waals surface area contributed by atoms with Crippen LogP contribution in [0.5, 0.6) is 5.75 Å². The molecule has 172 valence electrons. The van der Waals surface area contributed by atoms with Gasteiger partial charge >= 0.3 is 6.03 Å². The highest BCUT2D eigenvalue weighted by atomic mass is 19.1. The number of hydrogen-bond acceptors (Lipinski definition) is 5. The van der Waals surface area contributed by atoms with E-state index in [-0.39, 0.29) is 30.9 Å². The Bertz CT molecular complexity index is 871. The molecular formula is C23H29FN4O4. The predicted octanol–water partition coefficient (Wildman–Crippen LogP) is 1.82. The maximum Gasteiger partial charge on any atom is 0.315 e. The van der Waals surface area contributed by atoms with Crippen LogP contribution in [0.25, 0.3) is 0 Å². The van der Waals surface area contributed by atoms with Crippen LogP contribution in [0, 0.1) is 5.82 Å². The summed E-state index contributed by atoms with van der Waals surface area (Å²) >= 11 is 0. The molecule has 9 heteroatoms. The molecule has 0 saturated carbocycles. The van der Waals surface area contributed by atoms with Crippen LogP contribution < -0.4 is 20.7 Å². The molecule has 32 heavy (non-hydrogen) atoms. The summed E-state index contributed by atoms with van der Waals surface area (Å²) in [7, 11) is 1.62. The molecule has 3 amide bonds. The van der Waals surface area contributed by atoms with E-state index in [1.54, 1.807) is 19.2 Å². The Balaban J connectivity index is 1.47. The number of carbonyl (C=O) groups excluding carboxylic acids is 2. The monoisotopic (exact) mass is 444 g/mol. The maximum atomic E-state index is 12.9. The second-order valence-electron chi connectivity index (χ2n) is 7.40. The Labute approximate surface area is 187 Å². The van der Waals surface area contributed by atoms with Gasteiger partial charge in [0.25, 0.3) is 0 Å². The molecule has 2 aromatic rings. The summed E-state index contributed by atoms with van der Waals surface area (Å²) in [6, 6.07) is 13.1.